The van der Waals surface area contributed by atoms with E-state index in [9.17, 15) is 4.39 Å². The number of hydrogen-bond donors (Lipinski definition) is 1. The SMILES string of the molecule is CC(N)CC1CCc2ccc(F)cc2C1. The number of hydrogen-bond acceptors (Lipinski definition) is 1. The van der Waals surface area contributed by atoms with Crippen LogP contribution < -0.4 is 5.73 Å². The van der Waals surface area contributed by atoms with Crippen LogP contribution >= 0.6 is 0 Å². The highest BCUT2D eigenvalue weighted by atomic mass is 19.1. The van der Waals surface area contributed by atoms with Gasteiger partial charge in [0.2, 0.25) is 0 Å². The molecule has 0 heterocycles. The molecule has 0 aromatic heterocycles. The van der Waals surface area contributed by atoms with Crippen LogP contribution in [0.2, 0.25) is 0 Å². The molecule has 2 rings (SSSR count). The summed E-state index contributed by atoms with van der Waals surface area (Å²) < 4.78 is 13.1. The Hall–Kier alpha value is -0.890. The van der Waals surface area contributed by atoms with Crippen molar-refractivity contribution in [3.05, 3.63) is 35.1 Å². The molecule has 2 N–H and O–H groups in total. The molecule has 0 bridgehead atoms. The van der Waals surface area contributed by atoms with Crippen molar-refractivity contribution in [1.82, 2.24) is 0 Å². The minimum atomic E-state index is -0.116. The molecule has 2 atom stereocenters. The molecular weight excluding hydrogens is 189 g/mol. The average molecular weight is 207 g/mol. The van der Waals surface area contributed by atoms with Gasteiger partial charge in [-0.1, -0.05) is 6.07 Å². The monoisotopic (exact) mass is 207 g/mol. The predicted molar refractivity (Wildman–Crippen MR) is 60.2 cm³/mol. The molecule has 1 aromatic carbocycles. The molecule has 1 nitrogen and oxygen atoms in total. The lowest BCUT2D eigenvalue weighted by Gasteiger charge is -2.25. The second kappa shape index (κ2) is 4.31. The number of rotatable bonds is 2. The molecule has 2 unspecified atom stereocenters. The normalized spacial score (nSPS) is 22.2. The van der Waals surface area contributed by atoms with Crippen molar-refractivity contribution in [2.24, 2.45) is 11.7 Å². The van der Waals surface area contributed by atoms with E-state index >= 15 is 0 Å². The fourth-order valence-corrected chi connectivity index (χ4v) is 2.53. The Morgan fingerprint density at radius 3 is 3.00 bits per heavy atom. The lowest BCUT2D eigenvalue weighted by atomic mass is 9.81. The third kappa shape index (κ3) is 2.57. The molecule has 82 valence electrons. The quantitative estimate of drug-likeness (QED) is 0.792. The molecule has 0 amide bonds. The highest BCUT2D eigenvalue weighted by Gasteiger charge is 2.19. The van der Waals surface area contributed by atoms with Gasteiger partial charge >= 0.3 is 0 Å². The van der Waals surface area contributed by atoms with Crippen molar-refractivity contribution in [2.75, 3.05) is 0 Å². The number of fused-ring (bicyclic) bond motifs is 1. The van der Waals surface area contributed by atoms with Gasteiger partial charge in [-0.3, -0.25) is 0 Å². The molecule has 0 spiro atoms. The summed E-state index contributed by atoms with van der Waals surface area (Å²) in [7, 11) is 0. The second-order valence-electron chi connectivity index (χ2n) is 4.73. The van der Waals surface area contributed by atoms with Crippen molar-refractivity contribution < 1.29 is 4.39 Å². The van der Waals surface area contributed by atoms with Crippen LogP contribution in [0, 0.1) is 11.7 Å². The fourth-order valence-electron chi connectivity index (χ4n) is 2.53. The Labute approximate surface area is 90.5 Å². The lowest BCUT2D eigenvalue weighted by Crippen LogP contribution is -2.23. The highest BCUT2D eigenvalue weighted by Crippen LogP contribution is 2.28. The summed E-state index contributed by atoms with van der Waals surface area (Å²) in [6, 6.07) is 5.42. The topological polar surface area (TPSA) is 26.0 Å². The van der Waals surface area contributed by atoms with Gasteiger partial charge in [0.1, 0.15) is 5.82 Å². The molecule has 0 saturated carbocycles. The van der Waals surface area contributed by atoms with Crippen LogP contribution in [0.25, 0.3) is 0 Å². The van der Waals surface area contributed by atoms with Crippen LogP contribution in [-0.2, 0) is 12.8 Å². The molecule has 0 saturated heterocycles. The first kappa shape index (κ1) is 10.6. The van der Waals surface area contributed by atoms with Gasteiger partial charge in [0.25, 0.3) is 0 Å². The van der Waals surface area contributed by atoms with Crippen LogP contribution in [0.1, 0.15) is 30.9 Å². The largest absolute Gasteiger partial charge is 0.328 e. The summed E-state index contributed by atoms with van der Waals surface area (Å²) in [5.74, 6) is 0.523. The summed E-state index contributed by atoms with van der Waals surface area (Å²) in [6.07, 6.45) is 4.32. The van der Waals surface area contributed by atoms with Crippen molar-refractivity contribution in [1.29, 1.82) is 0 Å². The Balaban J connectivity index is 2.11. The standard InChI is InChI=1S/C13H18FN/c1-9(15)6-10-2-3-11-4-5-13(14)8-12(11)7-10/h4-5,8-10H,2-3,6-7,15H2,1H3. The Kier molecular flexibility index (Phi) is 3.06. The summed E-state index contributed by atoms with van der Waals surface area (Å²) >= 11 is 0. The first-order chi connectivity index (χ1) is 7.15. The maximum atomic E-state index is 13.1. The smallest absolute Gasteiger partial charge is 0.123 e. The third-order valence-electron chi connectivity index (χ3n) is 3.20. The van der Waals surface area contributed by atoms with E-state index in [1.807, 2.05) is 13.0 Å². The van der Waals surface area contributed by atoms with Gasteiger partial charge < -0.3 is 5.73 Å². The van der Waals surface area contributed by atoms with Gasteiger partial charge in [0.15, 0.2) is 0 Å². The molecule has 1 aromatic rings. The summed E-state index contributed by atoms with van der Waals surface area (Å²) in [6.45, 7) is 2.04. The molecule has 0 radical (unpaired) electrons. The number of benzene rings is 1. The van der Waals surface area contributed by atoms with Crippen LogP contribution in [0.15, 0.2) is 18.2 Å². The van der Waals surface area contributed by atoms with E-state index in [1.165, 1.54) is 17.5 Å². The minimum absolute atomic E-state index is 0.116. The van der Waals surface area contributed by atoms with Gasteiger partial charge in [0, 0.05) is 6.04 Å². The van der Waals surface area contributed by atoms with Crippen molar-refractivity contribution in [2.45, 2.75) is 38.6 Å². The van der Waals surface area contributed by atoms with E-state index in [-0.39, 0.29) is 11.9 Å². The summed E-state index contributed by atoms with van der Waals surface area (Å²) in [5.41, 5.74) is 8.30. The molecule has 0 fully saturated rings. The molecule has 2 heteroatoms. The van der Waals surface area contributed by atoms with Gasteiger partial charge in [-0.2, -0.15) is 0 Å². The molecule has 0 aliphatic heterocycles. The minimum Gasteiger partial charge on any atom is -0.328 e. The maximum Gasteiger partial charge on any atom is 0.123 e. The van der Waals surface area contributed by atoms with Gasteiger partial charge in [-0.25, -0.2) is 4.39 Å². The van der Waals surface area contributed by atoms with Crippen LogP contribution in [-0.4, -0.2) is 6.04 Å². The van der Waals surface area contributed by atoms with Crippen molar-refractivity contribution in [3.63, 3.8) is 0 Å². The second-order valence-corrected chi connectivity index (χ2v) is 4.73. The predicted octanol–water partition coefficient (Wildman–Crippen LogP) is 2.67. The summed E-state index contributed by atoms with van der Waals surface area (Å²) in [5, 5.41) is 0. The van der Waals surface area contributed by atoms with Crippen LogP contribution in [0.5, 0.6) is 0 Å². The third-order valence-corrected chi connectivity index (χ3v) is 3.20. The van der Waals surface area contributed by atoms with E-state index in [0.717, 1.165) is 19.3 Å². The number of halogens is 1. The van der Waals surface area contributed by atoms with Crippen LogP contribution in [0.4, 0.5) is 4.39 Å². The van der Waals surface area contributed by atoms with E-state index < -0.39 is 0 Å². The number of nitrogens with two attached hydrogens (primary N) is 1. The lowest BCUT2D eigenvalue weighted by molar-refractivity contribution is 0.397. The Bertz CT molecular complexity index is 346. The molecule has 1 aliphatic carbocycles. The molecule has 15 heavy (non-hydrogen) atoms. The van der Waals surface area contributed by atoms with E-state index in [0.29, 0.717) is 5.92 Å². The van der Waals surface area contributed by atoms with Gasteiger partial charge in [-0.15, -0.1) is 0 Å². The number of aryl methyl sites for hydroxylation is 1. The zero-order valence-corrected chi connectivity index (χ0v) is 9.17. The zero-order valence-electron chi connectivity index (χ0n) is 9.17. The maximum absolute atomic E-state index is 13.1. The Morgan fingerprint density at radius 1 is 1.47 bits per heavy atom. The van der Waals surface area contributed by atoms with Gasteiger partial charge in [-0.05, 0) is 61.8 Å². The van der Waals surface area contributed by atoms with Crippen molar-refractivity contribution >= 4 is 0 Å². The van der Waals surface area contributed by atoms with Crippen molar-refractivity contribution in [3.8, 4) is 0 Å². The summed E-state index contributed by atoms with van der Waals surface area (Å²) in [4.78, 5) is 0. The fraction of sp³-hybridized carbons (Fsp3) is 0.538. The van der Waals surface area contributed by atoms with Gasteiger partial charge in [0.05, 0.1) is 0 Å². The van der Waals surface area contributed by atoms with E-state index in [4.69, 9.17) is 5.73 Å². The molecule has 1 aliphatic rings. The molecular formula is C13H18FN. The Morgan fingerprint density at radius 2 is 2.27 bits per heavy atom. The first-order valence-corrected chi connectivity index (χ1v) is 5.68. The zero-order chi connectivity index (χ0) is 10.8. The average Bonchev–Trinajstić information content (AvgIpc) is 2.16. The first-order valence-electron chi connectivity index (χ1n) is 5.68. The highest BCUT2D eigenvalue weighted by molar-refractivity contribution is 5.30. The van der Waals surface area contributed by atoms with E-state index in [2.05, 4.69) is 0 Å². The van der Waals surface area contributed by atoms with Crippen LogP contribution in [0.3, 0.4) is 0 Å². The van der Waals surface area contributed by atoms with E-state index in [1.54, 1.807) is 12.1 Å².